The van der Waals surface area contributed by atoms with Gasteiger partial charge < -0.3 is 9.15 Å². The number of rotatable bonds is 7. The molecule has 1 amide bonds. The Balaban J connectivity index is 1.39. The second kappa shape index (κ2) is 10.6. The van der Waals surface area contributed by atoms with Crippen LogP contribution < -0.4 is 10.1 Å². The predicted octanol–water partition coefficient (Wildman–Crippen LogP) is 7.67. The Bertz CT molecular complexity index is 1340. The third-order valence-corrected chi connectivity index (χ3v) is 7.08. The van der Waals surface area contributed by atoms with Crippen molar-refractivity contribution in [2.75, 3.05) is 5.32 Å². The van der Waals surface area contributed by atoms with Gasteiger partial charge in [0.2, 0.25) is 5.95 Å². The molecule has 176 valence electrons. The lowest BCUT2D eigenvalue weighted by molar-refractivity contribution is 0.0991. The number of carbonyl (C=O) groups is 1. The van der Waals surface area contributed by atoms with E-state index in [1.54, 1.807) is 16.8 Å². The molecule has 7 nitrogen and oxygen atoms in total. The first-order chi connectivity index (χ1) is 16.2. The first kappa shape index (κ1) is 25.0. The molecule has 0 spiro atoms. The molecule has 0 unspecified atom stereocenters. The Labute approximate surface area is 223 Å². The number of hydrogen-bond acceptors (Lipinski definition) is 5. The Morgan fingerprint density at radius 3 is 2.32 bits per heavy atom. The zero-order chi connectivity index (χ0) is 24.4. The van der Waals surface area contributed by atoms with Gasteiger partial charge in [-0.2, -0.15) is 0 Å². The van der Waals surface area contributed by atoms with E-state index in [0.29, 0.717) is 17.3 Å². The molecular weight excluding hydrogens is 569 g/mol. The van der Waals surface area contributed by atoms with E-state index >= 15 is 0 Å². The average Bonchev–Trinajstić information content (AvgIpc) is 3.47. The second-order valence-electron chi connectivity index (χ2n) is 6.76. The van der Waals surface area contributed by atoms with Gasteiger partial charge in [0.25, 0.3) is 5.91 Å². The molecule has 2 heterocycles. The van der Waals surface area contributed by atoms with Crippen molar-refractivity contribution in [2.45, 2.75) is 13.2 Å². The van der Waals surface area contributed by atoms with Crippen molar-refractivity contribution in [3.05, 3.63) is 89.9 Å². The normalized spacial score (nSPS) is 11.0. The van der Waals surface area contributed by atoms with Gasteiger partial charge in [0.05, 0.1) is 21.6 Å². The predicted molar refractivity (Wildman–Crippen MR) is 133 cm³/mol. The van der Waals surface area contributed by atoms with Gasteiger partial charge in [0.1, 0.15) is 28.7 Å². The van der Waals surface area contributed by atoms with Crippen LogP contribution in [-0.4, -0.2) is 20.7 Å². The summed E-state index contributed by atoms with van der Waals surface area (Å²) in [7, 11) is 0. The van der Waals surface area contributed by atoms with Gasteiger partial charge >= 0.3 is 0 Å². The van der Waals surface area contributed by atoms with Crippen molar-refractivity contribution in [1.29, 1.82) is 0 Å². The van der Waals surface area contributed by atoms with Crippen LogP contribution >= 0.6 is 69.6 Å². The number of amides is 1. The first-order valence-electron chi connectivity index (χ1n) is 9.41. The minimum absolute atomic E-state index is 0.00374. The van der Waals surface area contributed by atoms with Gasteiger partial charge in [-0.3, -0.25) is 10.1 Å². The maximum atomic E-state index is 12.5. The van der Waals surface area contributed by atoms with Crippen LogP contribution in [0.1, 0.15) is 21.9 Å². The standard InChI is InChI=1S/C21H12Cl6N4O3/c22-12-4-2-1-3-10(12)7-31-9-28-21(30-31)29-20(32)13-6-5-11(34-13)8-33-19-17(26)15(24)14(23)16(25)18(19)27/h1-6,9H,7-8H2,(H,29,30,32). The molecule has 0 saturated heterocycles. The number of ether oxygens (including phenoxy) is 1. The average molecular weight is 581 g/mol. The fourth-order valence-corrected chi connectivity index (χ4v) is 4.25. The molecule has 0 aliphatic heterocycles. The summed E-state index contributed by atoms with van der Waals surface area (Å²) in [5.41, 5.74) is 0.867. The molecule has 1 N–H and O–H groups in total. The molecule has 34 heavy (non-hydrogen) atoms. The lowest BCUT2D eigenvalue weighted by atomic mass is 10.2. The summed E-state index contributed by atoms with van der Waals surface area (Å²) in [6.07, 6.45) is 1.48. The number of nitrogens with zero attached hydrogens (tertiary/aromatic N) is 3. The number of aromatic nitrogens is 3. The van der Waals surface area contributed by atoms with Gasteiger partial charge in [-0.25, -0.2) is 9.67 Å². The molecule has 4 aromatic rings. The SMILES string of the molecule is O=C(Nc1ncn(Cc2ccccc2Cl)n1)c1ccc(COc2c(Cl)c(Cl)c(Cl)c(Cl)c2Cl)o1. The highest BCUT2D eigenvalue weighted by Gasteiger charge is 2.21. The topological polar surface area (TPSA) is 82.2 Å². The van der Waals surface area contributed by atoms with Crippen molar-refractivity contribution >= 4 is 81.5 Å². The Morgan fingerprint density at radius 2 is 1.62 bits per heavy atom. The lowest BCUT2D eigenvalue weighted by Gasteiger charge is -2.12. The Kier molecular flexibility index (Phi) is 7.82. The molecular formula is C21H12Cl6N4O3. The highest BCUT2D eigenvalue weighted by Crippen LogP contribution is 2.48. The molecule has 0 radical (unpaired) electrons. The Hall–Kier alpha value is -2.13. The van der Waals surface area contributed by atoms with E-state index < -0.39 is 5.91 Å². The number of benzene rings is 2. The number of nitrogens with one attached hydrogen (secondary N) is 1. The van der Waals surface area contributed by atoms with Gasteiger partial charge in [-0.05, 0) is 23.8 Å². The van der Waals surface area contributed by atoms with Crippen molar-refractivity contribution in [2.24, 2.45) is 0 Å². The number of carbonyl (C=O) groups excluding carboxylic acids is 1. The number of hydrogen-bond donors (Lipinski definition) is 1. The molecule has 4 rings (SSSR count). The van der Waals surface area contributed by atoms with Crippen LogP contribution in [0.2, 0.25) is 30.1 Å². The molecule has 0 aliphatic carbocycles. The van der Waals surface area contributed by atoms with Crippen molar-refractivity contribution in [3.8, 4) is 5.75 Å². The van der Waals surface area contributed by atoms with E-state index in [0.717, 1.165) is 5.56 Å². The quantitative estimate of drug-likeness (QED) is 0.179. The summed E-state index contributed by atoms with van der Waals surface area (Å²) in [4.78, 5) is 16.6. The molecule has 0 bridgehead atoms. The van der Waals surface area contributed by atoms with E-state index in [-0.39, 0.29) is 49.2 Å². The number of halogens is 6. The summed E-state index contributed by atoms with van der Waals surface area (Å²) in [6.45, 7) is 0.292. The molecule has 0 atom stereocenters. The van der Waals surface area contributed by atoms with Crippen molar-refractivity contribution < 1.29 is 13.9 Å². The third-order valence-electron chi connectivity index (χ3n) is 4.47. The summed E-state index contributed by atoms with van der Waals surface area (Å²) in [5, 5.41) is 7.44. The number of anilines is 1. The fraction of sp³-hybridized carbons (Fsp3) is 0.0952. The van der Waals surface area contributed by atoms with Crippen molar-refractivity contribution in [3.63, 3.8) is 0 Å². The molecule has 2 aromatic heterocycles. The van der Waals surface area contributed by atoms with Gasteiger partial charge in [-0.15, -0.1) is 5.10 Å². The van der Waals surface area contributed by atoms with Crippen LogP contribution in [0, 0.1) is 0 Å². The van der Waals surface area contributed by atoms with E-state index in [4.69, 9.17) is 78.8 Å². The van der Waals surface area contributed by atoms with Gasteiger partial charge in [-0.1, -0.05) is 87.8 Å². The van der Waals surface area contributed by atoms with Crippen LogP contribution in [0.15, 0.2) is 47.1 Å². The van der Waals surface area contributed by atoms with Crippen LogP contribution in [0.25, 0.3) is 0 Å². The fourth-order valence-electron chi connectivity index (χ4n) is 2.82. The molecule has 13 heteroatoms. The van der Waals surface area contributed by atoms with Gasteiger partial charge in [0.15, 0.2) is 11.5 Å². The third kappa shape index (κ3) is 5.40. The van der Waals surface area contributed by atoms with Crippen molar-refractivity contribution in [1.82, 2.24) is 14.8 Å². The molecule has 0 aliphatic rings. The first-order valence-corrected chi connectivity index (χ1v) is 11.7. The highest BCUT2D eigenvalue weighted by atomic mass is 35.5. The second-order valence-corrected chi connectivity index (χ2v) is 9.06. The molecule has 0 saturated carbocycles. The summed E-state index contributed by atoms with van der Waals surface area (Å²) < 4.78 is 12.7. The Morgan fingerprint density at radius 1 is 0.941 bits per heavy atom. The zero-order valence-corrected chi connectivity index (χ0v) is 21.3. The number of furan rings is 1. The zero-order valence-electron chi connectivity index (χ0n) is 16.8. The highest BCUT2D eigenvalue weighted by molar-refractivity contribution is 6.55. The molecule has 2 aromatic carbocycles. The van der Waals surface area contributed by atoms with E-state index in [9.17, 15) is 4.79 Å². The van der Waals surface area contributed by atoms with E-state index in [2.05, 4.69) is 15.4 Å². The summed E-state index contributed by atoms with van der Waals surface area (Å²) in [6, 6.07) is 10.4. The van der Waals surface area contributed by atoms with Crippen LogP contribution in [0.4, 0.5) is 5.95 Å². The largest absolute Gasteiger partial charge is 0.482 e. The minimum atomic E-state index is -0.546. The molecule has 0 fully saturated rings. The monoisotopic (exact) mass is 578 g/mol. The van der Waals surface area contributed by atoms with E-state index in [1.807, 2.05) is 18.2 Å². The lowest BCUT2D eigenvalue weighted by Crippen LogP contribution is -2.12. The van der Waals surface area contributed by atoms with Crippen LogP contribution in [0.3, 0.4) is 0 Å². The summed E-state index contributed by atoms with van der Waals surface area (Å²) >= 11 is 36.5. The van der Waals surface area contributed by atoms with Crippen LogP contribution in [-0.2, 0) is 13.2 Å². The van der Waals surface area contributed by atoms with Gasteiger partial charge in [0, 0.05) is 5.02 Å². The van der Waals surface area contributed by atoms with Crippen LogP contribution in [0.5, 0.6) is 5.75 Å². The summed E-state index contributed by atoms with van der Waals surface area (Å²) in [5.74, 6) is -0.0637. The maximum absolute atomic E-state index is 12.5. The van der Waals surface area contributed by atoms with E-state index in [1.165, 1.54) is 12.4 Å². The maximum Gasteiger partial charge on any atom is 0.293 e. The minimum Gasteiger partial charge on any atom is -0.482 e. The smallest absolute Gasteiger partial charge is 0.293 e.